The standard InChI is InChI=1S/C20H25ClN2O2/c1-14-6-7-15(2)17(12-14)25-11-5-10-20(3,4)19(24)23-16-8-9-18(21)22-13-16/h6-9,12-13H,5,10-11H2,1-4H3,(H,23,24). The van der Waals surface area contributed by atoms with Crippen molar-refractivity contribution in [1.29, 1.82) is 0 Å². The second-order valence-corrected chi connectivity index (χ2v) is 7.32. The van der Waals surface area contributed by atoms with Crippen LogP contribution in [-0.4, -0.2) is 17.5 Å². The molecule has 0 unspecified atom stereocenters. The number of nitrogens with one attached hydrogen (secondary N) is 1. The number of rotatable bonds is 7. The number of benzene rings is 1. The van der Waals surface area contributed by atoms with E-state index in [1.165, 1.54) is 5.56 Å². The Kier molecular flexibility index (Phi) is 6.43. The molecule has 1 N–H and O–H groups in total. The molecular formula is C20H25ClN2O2. The molecule has 134 valence electrons. The lowest BCUT2D eigenvalue weighted by atomic mass is 9.87. The largest absolute Gasteiger partial charge is 0.493 e. The van der Waals surface area contributed by atoms with E-state index >= 15 is 0 Å². The summed E-state index contributed by atoms with van der Waals surface area (Å²) in [5.41, 5.74) is 2.45. The lowest BCUT2D eigenvalue weighted by Gasteiger charge is -2.23. The Bertz CT molecular complexity index is 727. The summed E-state index contributed by atoms with van der Waals surface area (Å²) in [7, 11) is 0. The van der Waals surface area contributed by atoms with E-state index in [4.69, 9.17) is 16.3 Å². The first-order chi connectivity index (χ1) is 11.8. The van der Waals surface area contributed by atoms with Crippen LogP contribution in [0.25, 0.3) is 0 Å². The molecule has 2 aromatic rings. The van der Waals surface area contributed by atoms with Crippen LogP contribution in [0.2, 0.25) is 5.15 Å². The number of ether oxygens (including phenoxy) is 1. The number of nitrogens with zero attached hydrogens (tertiary/aromatic N) is 1. The number of hydrogen-bond acceptors (Lipinski definition) is 3. The zero-order valence-corrected chi connectivity index (χ0v) is 16.0. The van der Waals surface area contributed by atoms with Gasteiger partial charge in [-0.3, -0.25) is 4.79 Å². The van der Waals surface area contributed by atoms with Crippen molar-refractivity contribution in [3.05, 3.63) is 52.8 Å². The van der Waals surface area contributed by atoms with Crippen molar-refractivity contribution in [1.82, 2.24) is 4.98 Å². The van der Waals surface area contributed by atoms with Gasteiger partial charge in [0.25, 0.3) is 0 Å². The van der Waals surface area contributed by atoms with Gasteiger partial charge in [-0.2, -0.15) is 0 Å². The first-order valence-electron chi connectivity index (χ1n) is 8.41. The maximum absolute atomic E-state index is 12.5. The zero-order chi connectivity index (χ0) is 18.4. The summed E-state index contributed by atoms with van der Waals surface area (Å²) in [4.78, 5) is 16.4. The van der Waals surface area contributed by atoms with E-state index in [1.54, 1.807) is 18.3 Å². The third kappa shape index (κ3) is 5.75. The number of aromatic nitrogens is 1. The van der Waals surface area contributed by atoms with E-state index in [0.717, 1.165) is 24.2 Å². The Hall–Kier alpha value is -2.07. The topological polar surface area (TPSA) is 51.2 Å². The van der Waals surface area contributed by atoms with Gasteiger partial charge in [0.05, 0.1) is 18.5 Å². The molecule has 0 aliphatic carbocycles. The van der Waals surface area contributed by atoms with Crippen LogP contribution in [0.15, 0.2) is 36.5 Å². The fourth-order valence-corrected chi connectivity index (χ4v) is 2.53. The Morgan fingerprint density at radius 2 is 2.00 bits per heavy atom. The van der Waals surface area contributed by atoms with E-state index in [-0.39, 0.29) is 5.91 Å². The van der Waals surface area contributed by atoms with Crippen LogP contribution < -0.4 is 10.1 Å². The molecule has 0 spiro atoms. The van der Waals surface area contributed by atoms with Gasteiger partial charge in [0.1, 0.15) is 10.9 Å². The number of halogens is 1. The number of hydrogen-bond donors (Lipinski definition) is 1. The van der Waals surface area contributed by atoms with Crippen LogP contribution in [0.5, 0.6) is 5.75 Å². The lowest BCUT2D eigenvalue weighted by Crippen LogP contribution is -2.31. The van der Waals surface area contributed by atoms with Crippen molar-refractivity contribution in [2.45, 2.75) is 40.5 Å². The normalized spacial score (nSPS) is 11.2. The lowest BCUT2D eigenvalue weighted by molar-refractivity contribution is -0.124. The molecule has 0 fully saturated rings. The summed E-state index contributed by atoms with van der Waals surface area (Å²) in [6.45, 7) is 8.54. The summed E-state index contributed by atoms with van der Waals surface area (Å²) in [6, 6.07) is 9.57. The number of carbonyl (C=O) groups excluding carboxylic acids is 1. The quantitative estimate of drug-likeness (QED) is 0.547. The average molecular weight is 361 g/mol. The summed E-state index contributed by atoms with van der Waals surface area (Å²) in [5, 5.41) is 3.29. The van der Waals surface area contributed by atoms with E-state index in [1.807, 2.05) is 33.8 Å². The highest BCUT2D eigenvalue weighted by atomic mass is 35.5. The summed E-state index contributed by atoms with van der Waals surface area (Å²) in [5.74, 6) is 0.873. The van der Waals surface area contributed by atoms with Gasteiger partial charge in [0, 0.05) is 5.41 Å². The molecule has 1 heterocycles. The summed E-state index contributed by atoms with van der Waals surface area (Å²) >= 11 is 5.76. The fourth-order valence-electron chi connectivity index (χ4n) is 2.42. The van der Waals surface area contributed by atoms with Crippen molar-refractivity contribution in [3.8, 4) is 5.75 Å². The minimum absolute atomic E-state index is 0.0386. The van der Waals surface area contributed by atoms with Crippen molar-refractivity contribution >= 4 is 23.2 Å². The van der Waals surface area contributed by atoms with Crippen molar-refractivity contribution in [2.24, 2.45) is 5.41 Å². The van der Waals surface area contributed by atoms with E-state index in [2.05, 4.69) is 22.4 Å². The first-order valence-corrected chi connectivity index (χ1v) is 8.79. The number of aryl methyl sites for hydroxylation is 2. The molecule has 1 aromatic carbocycles. The molecule has 0 bridgehead atoms. The fraction of sp³-hybridized carbons (Fsp3) is 0.400. The minimum Gasteiger partial charge on any atom is -0.493 e. The Morgan fingerprint density at radius 3 is 2.68 bits per heavy atom. The molecule has 0 saturated heterocycles. The van der Waals surface area contributed by atoms with E-state index in [9.17, 15) is 4.79 Å². The van der Waals surface area contributed by atoms with Crippen molar-refractivity contribution in [3.63, 3.8) is 0 Å². The van der Waals surface area contributed by atoms with E-state index < -0.39 is 5.41 Å². The predicted octanol–water partition coefficient (Wildman–Crippen LogP) is 5.18. The van der Waals surface area contributed by atoms with Crippen molar-refractivity contribution in [2.75, 3.05) is 11.9 Å². The van der Waals surface area contributed by atoms with Gasteiger partial charge in [-0.05, 0) is 56.0 Å². The molecule has 0 saturated carbocycles. The smallest absolute Gasteiger partial charge is 0.230 e. The number of anilines is 1. The van der Waals surface area contributed by atoms with Crippen LogP contribution in [0.3, 0.4) is 0 Å². The second kappa shape index (κ2) is 8.34. The van der Waals surface area contributed by atoms with Gasteiger partial charge < -0.3 is 10.1 Å². The maximum atomic E-state index is 12.5. The summed E-state index contributed by atoms with van der Waals surface area (Å²) in [6.07, 6.45) is 3.08. The summed E-state index contributed by atoms with van der Waals surface area (Å²) < 4.78 is 5.87. The van der Waals surface area contributed by atoms with Gasteiger partial charge in [0.2, 0.25) is 5.91 Å². The van der Waals surface area contributed by atoms with Crippen LogP contribution >= 0.6 is 11.6 Å². The molecule has 0 aliphatic rings. The zero-order valence-electron chi connectivity index (χ0n) is 15.2. The average Bonchev–Trinajstić information content (AvgIpc) is 2.56. The molecule has 25 heavy (non-hydrogen) atoms. The molecule has 1 aromatic heterocycles. The molecule has 4 nitrogen and oxygen atoms in total. The van der Waals surface area contributed by atoms with Crippen LogP contribution in [0, 0.1) is 19.3 Å². The number of amides is 1. The van der Waals surface area contributed by atoms with Gasteiger partial charge in [-0.1, -0.05) is 37.6 Å². The maximum Gasteiger partial charge on any atom is 0.230 e. The molecule has 0 aliphatic heterocycles. The Morgan fingerprint density at radius 1 is 1.24 bits per heavy atom. The molecule has 1 amide bonds. The van der Waals surface area contributed by atoms with Crippen LogP contribution in [0.1, 0.15) is 37.8 Å². The monoisotopic (exact) mass is 360 g/mol. The van der Waals surface area contributed by atoms with Crippen molar-refractivity contribution < 1.29 is 9.53 Å². The van der Waals surface area contributed by atoms with Gasteiger partial charge in [0.15, 0.2) is 0 Å². The molecule has 5 heteroatoms. The molecule has 2 rings (SSSR count). The van der Waals surface area contributed by atoms with Gasteiger partial charge in [-0.15, -0.1) is 0 Å². The van der Waals surface area contributed by atoms with Gasteiger partial charge >= 0.3 is 0 Å². The number of pyridine rings is 1. The predicted molar refractivity (Wildman–Crippen MR) is 102 cm³/mol. The first kappa shape index (κ1) is 19.3. The number of carbonyl (C=O) groups is 1. The van der Waals surface area contributed by atoms with Crippen LogP contribution in [-0.2, 0) is 4.79 Å². The highest BCUT2D eigenvalue weighted by Gasteiger charge is 2.27. The third-order valence-corrected chi connectivity index (χ3v) is 4.37. The third-order valence-electron chi connectivity index (χ3n) is 4.15. The van der Waals surface area contributed by atoms with Crippen LogP contribution in [0.4, 0.5) is 5.69 Å². The molecule has 0 radical (unpaired) electrons. The second-order valence-electron chi connectivity index (χ2n) is 6.93. The van der Waals surface area contributed by atoms with Gasteiger partial charge in [-0.25, -0.2) is 4.98 Å². The molecule has 0 atom stereocenters. The Balaban J connectivity index is 1.82. The SMILES string of the molecule is Cc1ccc(C)c(OCCCC(C)(C)C(=O)Nc2ccc(Cl)nc2)c1. The minimum atomic E-state index is -0.495. The highest BCUT2D eigenvalue weighted by Crippen LogP contribution is 2.26. The molecular weight excluding hydrogens is 336 g/mol. The Labute approximate surface area is 154 Å². The highest BCUT2D eigenvalue weighted by molar-refractivity contribution is 6.29. The van der Waals surface area contributed by atoms with E-state index in [0.29, 0.717) is 17.4 Å².